The number of carbonyl (C=O) groups excluding carboxylic acids is 2. The first-order valence-electron chi connectivity index (χ1n) is 11.7. The monoisotopic (exact) mass is 503 g/mol. The molecule has 1 N–H and O–H groups in total. The van der Waals surface area contributed by atoms with Gasteiger partial charge in [0, 0.05) is 25.6 Å². The predicted molar refractivity (Wildman–Crippen MR) is 139 cm³/mol. The Morgan fingerprint density at radius 2 is 1.66 bits per heavy atom. The third kappa shape index (κ3) is 8.28. The molecule has 0 aromatic heterocycles. The fourth-order valence-electron chi connectivity index (χ4n) is 3.71. The molecule has 2 aromatic rings. The highest BCUT2D eigenvalue weighted by molar-refractivity contribution is 7.92. The first-order chi connectivity index (χ1) is 16.4. The molecule has 0 fully saturated rings. The molecule has 0 aliphatic rings. The van der Waals surface area contributed by atoms with E-state index in [1.807, 2.05) is 45.0 Å². The summed E-state index contributed by atoms with van der Waals surface area (Å²) >= 11 is 0. The largest absolute Gasteiger partial charge is 0.497 e. The van der Waals surface area contributed by atoms with Gasteiger partial charge in [0.15, 0.2) is 0 Å². The van der Waals surface area contributed by atoms with Gasteiger partial charge in [-0.3, -0.25) is 13.9 Å². The first-order valence-corrected chi connectivity index (χ1v) is 13.5. The zero-order chi connectivity index (χ0) is 26.2. The topological polar surface area (TPSA) is 96.0 Å². The highest BCUT2D eigenvalue weighted by Gasteiger charge is 2.27. The Kier molecular flexibility index (Phi) is 10.1. The molecule has 0 saturated carbocycles. The minimum atomic E-state index is -3.55. The van der Waals surface area contributed by atoms with Crippen LogP contribution in [0.4, 0.5) is 5.69 Å². The second-order valence-electron chi connectivity index (χ2n) is 8.92. The van der Waals surface area contributed by atoms with E-state index in [4.69, 9.17) is 4.74 Å². The summed E-state index contributed by atoms with van der Waals surface area (Å²) < 4.78 is 31.3. The van der Waals surface area contributed by atoms with Gasteiger partial charge in [0.2, 0.25) is 21.8 Å². The summed E-state index contributed by atoms with van der Waals surface area (Å²) in [6.07, 6.45) is 1.55. The molecule has 0 aliphatic heterocycles. The van der Waals surface area contributed by atoms with Crippen molar-refractivity contribution in [1.82, 2.24) is 10.2 Å². The first kappa shape index (κ1) is 28.2. The summed E-state index contributed by atoms with van der Waals surface area (Å²) in [6, 6.07) is 13.8. The maximum atomic E-state index is 13.3. The predicted octanol–water partition coefficient (Wildman–Crippen LogP) is 3.49. The van der Waals surface area contributed by atoms with E-state index in [0.717, 1.165) is 17.4 Å². The zero-order valence-electron chi connectivity index (χ0n) is 21.4. The van der Waals surface area contributed by atoms with Gasteiger partial charge in [-0.25, -0.2) is 8.42 Å². The van der Waals surface area contributed by atoms with Crippen LogP contribution in [0, 0.1) is 6.92 Å². The molecule has 2 aromatic carbocycles. The van der Waals surface area contributed by atoms with E-state index in [0.29, 0.717) is 24.4 Å². The quantitative estimate of drug-likeness (QED) is 0.478. The van der Waals surface area contributed by atoms with Gasteiger partial charge in [-0.1, -0.05) is 24.3 Å². The van der Waals surface area contributed by atoms with Gasteiger partial charge in [-0.15, -0.1) is 0 Å². The molecule has 0 radical (unpaired) electrons. The number of ether oxygens (including phenoxy) is 1. The Labute approximate surface area is 209 Å². The molecule has 0 heterocycles. The van der Waals surface area contributed by atoms with Crippen LogP contribution in [0.25, 0.3) is 0 Å². The molecule has 35 heavy (non-hydrogen) atoms. The number of hydrogen-bond acceptors (Lipinski definition) is 5. The molecule has 0 spiro atoms. The highest BCUT2D eigenvalue weighted by atomic mass is 32.2. The number of rotatable bonds is 12. The van der Waals surface area contributed by atoms with Gasteiger partial charge < -0.3 is 15.0 Å². The summed E-state index contributed by atoms with van der Waals surface area (Å²) in [6.45, 7) is 7.87. The van der Waals surface area contributed by atoms with Gasteiger partial charge >= 0.3 is 0 Å². The SMILES string of the molecule is COc1ccc(N(CCCC(=O)N(Cc2ccccc2C)[C@H](C)C(=O)NC(C)C)S(C)(=O)=O)cc1. The number of sulfonamides is 1. The smallest absolute Gasteiger partial charge is 0.242 e. The molecular formula is C26H37N3O5S. The van der Waals surface area contributed by atoms with Crippen LogP contribution in [-0.2, 0) is 26.2 Å². The lowest BCUT2D eigenvalue weighted by Gasteiger charge is -2.30. The number of benzene rings is 2. The van der Waals surface area contributed by atoms with E-state index < -0.39 is 16.1 Å². The van der Waals surface area contributed by atoms with Crippen molar-refractivity contribution in [2.75, 3.05) is 24.2 Å². The number of methoxy groups -OCH3 is 1. The Bertz CT molecular complexity index is 1100. The molecule has 0 unspecified atom stereocenters. The second kappa shape index (κ2) is 12.6. The summed E-state index contributed by atoms with van der Waals surface area (Å²) in [4.78, 5) is 27.6. The number of aryl methyl sites for hydroxylation is 1. The fraction of sp³-hybridized carbons (Fsp3) is 0.462. The van der Waals surface area contributed by atoms with E-state index >= 15 is 0 Å². The number of nitrogens with zero attached hydrogens (tertiary/aromatic N) is 2. The highest BCUT2D eigenvalue weighted by Crippen LogP contribution is 2.22. The van der Waals surface area contributed by atoms with E-state index in [2.05, 4.69) is 5.32 Å². The van der Waals surface area contributed by atoms with Crippen molar-refractivity contribution >= 4 is 27.5 Å². The number of carbonyl (C=O) groups is 2. The van der Waals surface area contributed by atoms with Gasteiger partial charge in [-0.2, -0.15) is 0 Å². The van der Waals surface area contributed by atoms with Crippen molar-refractivity contribution in [1.29, 1.82) is 0 Å². The van der Waals surface area contributed by atoms with Crippen LogP contribution in [0.2, 0.25) is 0 Å². The average molecular weight is 504 g/mol. The third-order valence-electron chi connectivity index (χ3n) is 5.71. The van der Waals surface area contributed by atoms with Crippen LogP contribution >= 0.6 is 0 Å². The zero-order valence-corrected chi connectivity index (χ0v) is 22.3. The van der Waals surface area contributed by atoms with Crippen LogP contribution in [0.1, 0.15) is 44.7 Å². The van der Waals surface area contributed by atoms with Crippen LogP contribution in [0.15, 0.2) is 48.5 Å². The van der Waals surface area contributed by atoms with Crippen molar-refractivity contribution < 1.29 is 22.7 Å². The van der Waals surface area contributed by atoms with E-state index in [-0.39, 0.29) is 30.8 Å². The van der Waals surface area contributed by atoms with E-state index in [1.54, 1.807) is 43.2 Å². The molecule has 192 valence electrons. The summed E-state index contributed by atoms with van der Waals surface area (Å²) in [7, 11) is -2.01. The van der Waals surface area contributed by atoms with Crippen LogP contribution < -0.4 is 14.4 Å². The number of nitrogens with one attached hydrogen (secondary N) is 1. The molecule has 0 bridgehead atoms. The molecular weight excluding hydrogens is 466 g/mol. The Balaban J connectivity index is 2.17. The standard InChI is InChI=1S/C26H37N3O5S/c1-19(2)27-26(31)21(4)28(18-22-11-8-7-10-20(22)3)25(30)12-9-17-29(35(6,32)33)23-13-15-24(34-5)16-14-23/h7-8,10-11,13-16,19,21H,9,12,17-18H2,1-6H3,(H,27,31)/t21-/m1/s1. The van der Waals surface area contributed by atoms with Crippen molar-refractivity contribution in [2.45, 2.75) is 59.2 Å². The fourth-order valence-corrected chi connectivity index (χ4v) is 4.68. The minimum Gasteiger partial charge on any atom is -0.497 e. The summed E-state index contributed by atoms with van der Waals surface area (Å²) in [5.41, 5.74) is 2.49. The lowest BCUT2D eigenvalue weighted by Crippen LogP contribution is -2.49. The van der Waals surface area contributed by atoms with Gasteiger partial charge in [0.1, 0.15) is 11.8 Å². The number of hydrogen-bond donors (Lipinski definition) is 1. The lowest BCUT2D eigenvalue weighted by molar-refractivity contribution is -0.140. The van der Waals surface area contributed by atoms with Gasteiger partial charge in [0.05, 0.1) is 19.1 Å². The van der Waals surface area contributed by atoms with Crippen LogP contribution in [-0.4, -0.2) is 57.1 Å². The Morgan fingerprint density at radius 1 is 1.03 bits per heavy atom. The number of anilines is 1. The van der Waals surface area contributed by atoms with Crippen molar-refractivity contribution in [3.8, 4) is 5.75 Å². The molecule has 0 saturated heterocycles. The minimum absolute atomic E-state index is 0.0480. The molecule has 1 atom stereocenters. The molecule has 8 nitrogen and oxygen atoms in total. The molecule has 2 amide bonds. The molecule has 2 rings (SSSR count). The molecule has 9 heteroatoms. The normalized spacial score (nSPS) is 12.2. The summed E-state index contributed by atoms with van der Waals surface area (Å²) in [5, 5.41) is 2.87. The maximum Gasteiger partial charge on any atom is 0.242 e. The molecule has 0 aliphatic carbocycles. The van der Waals surface area contributed by atoms with Gasteiger partial charge in [0.25, 0.3) is 0 Å². The Morgan fingerprint density at radius 3 is 2.20 bits per heavy atom. The van der Waals surface area contributed by atoms with Crippen molar-refractivity contribution in [2.24, 2.45) is 0 Å². The van der Waals surface area contributed by atoms with E-state index in [9.17, 15) is 18.0 Å². The summed E-state index contributed by atoms with van der Waals surface area (Å²) in [5.74, 6) is 0.193. The lowest BCUT2D eigenvalue weighted by atomic mass is 10.1. The van der Waals surface area contributed by atoms with Gasteiger partial charge in [-0.05, 0) is 69.5 Å². The Hall–Kier alpha value is -3.07. The van der Waals surface area contributed by atoms with Crippen LogP contribution in [0.5, 0.6) is 5.75 Å². The third-order valence-corrected chi connectivity index (χ3v) is 6.91. The van der Waals surface area contributed by atoms with Crippen molar-refractivity contribution in [3.05, 3.63) is 59.7 Å². The van der Waals surface area contributed by atoms with Crippen molar-refractivity contribution in [3.63, 3.8) is 0 Å². The number of amides is 2. The van der Waals surface area contributed by atoms with E-state index in [1.165, 1.54) is 4.31 Å². The second-order valence-corrected chi connectivity index (χ2v) is 10.8. The van der Waals surface area contributed by atoms with Crippen LogP contribution in [0.3, 0.4) is 0 Å². The maximum absolute atomic E-state index is 13.3. The average Bonchev–Trinajstić information content (AvgIpc) is 2.79.